The predicted molar refractivity (Wildman–Crippen MR) is 73.6 cm³/mol. The number of nitrogens with one attached hydrogen (secondary N) is 1. The third-order valence-corrected chi connectivity index (χ3v) is 4.03. The third-order valence-electron chi connectivity index (χ3n) is 2.79. The van der Waals surface area contributed by atoms with Crippen LogP contribution in [-0.4, -0.2) is 38.8 Å². The van der Waals surface area contributed by atoms with Gasteiger partial charge in [-0.3, -0.25) is 9.40 Å². The van der Waals surface area contributed by atoms with Gasteiger partial charge in [-0.15, -0.1) is 0 Å². The summed E-state index contributed by atoms with van der Waals surface area (Å²) in [4.78, 5) is 14.7. The Morgan fingerprint density at radius 1 is 1.43 bits per heavy atom. The largest absolute Gasteiger partial charge is 0.477 e. The highest BCUT2D eigenvalue weighted by Gasteiger charge is 2.21. The molecule has 0 saturated heterocycles. The van der Waals surface area contributed by atoms with Gasteiger partial charge in [-0.1, -0.05) is 0 Å². The van der Waals surface area contributed by atoms with Gasteiger partial charge >= 0.3 is 5.97 Å². The SMILES string of the molecule is CC(C)n1cnc(S(=O)(=O)Nc2cc(C(=O)O)n(C)n2)c1. The smallest absolute Gasteiger partial charge is 0.354 e. The van der Waals surface area contributed by atoms with Crippen LogP contribution in [0.2, 0.25) is 0 Å². The number of sulfonamides is 1. The number of carboxylic acid groups (broad SMARTS) is 1. The maximum Gasteiger partial charge on any atom is 0.354 e. The van der Waals surface area contributed by atoms with Crippen molar-refractivity contribution in [2.24, 2.45) is 7.05 Å². The zero-order chi connectivity index (χ0) is 15.8. The van der Waals surface area contributed by atoms with E-state index in [0.29, 0.717) is 0 Å². The van der Waals surface area contributed by atoms with E-state index in [-0.39, 0.29) is 22.6 Å². The molecule has 114 valence electrons. The quantitative estimate of drug-likeness (QED) is 0.838. The molecule has 0 fully saturated rings. The van der Waals surface area contributed by atoms with E-state index in [1.165, 1.54) is 19.6 Å². The van der Waals surface area contributed by atoms with E-state index >= 15 is 0 Å². The monoisotopic (exact) mass is 313 g/mol. The highest BCUT2D eigenvalue weighted by atomic mass is 32.2. The van der Waals surface area contributed by atoms with E-state index in [0.717, 1.165) is 10.7 Å². The summed E-state index contributed by atoms with van der Waals surface area (Å²) in [5, 5.41) is 12.5. The molecule has 0 unspecified atom stereocenters. The molecule has 0 spiro atoms. The minimum atomic E-state index is -3.91. The number of rotatable bonds is 5. The summed E-state index contributed by atoms with van der Waals surface area (Å²) in [6.45, 7) is 3.78. The number of anilines is 1. The van der Waals surface area contributed by atoms with Crippen LogP contribution in [0.1, 0.15) is 30.4 Å². The van der Waals surface area contributed by atoms with Crippen molar-refractivity contribution < 1.29 is 18.3 Å². The Hall–Kier alpha value is -2.36. The molecule has 2 heterocycles. The average Bonchev–Trinajstić information content (AvgIpc) is 2.95. The topological polar surface area (TPSA) is 119 Å². The van der Waals surface area contributed by atoms with Crippen LogP contribution >= 0.6 is 0 Å². The summed E-state index contributed by atoms with van der Waals surface area (Å²) in [6, 6.07) is 1.22. The van der Waals surface area contributed by atoms with Crippen molar-refractivity contribution in [1.82, 2.24) is 19.3 Å². The number of hydrogen-bond donors (Lipinski definition) is 2. The molecule has 2 aromatic rings. The van der Waals surface area contributed by atoms with Gasteiger partial charge in [0.25, 0.3) is 10.0 Å². The second-order valence-corrected chi connectivity index (χ2v) is 6.33. The maximum absolute atomic E-state index is 12.1. The Bertz CT molecular complexity index is 774. The zero-order valence-corrected chi connectivity index (χ0v) is 12.5. The van der Waals surface area contributed by atoms with Crippen LogP contribution < -0.4 is 4.72 Å². The first-order valence-electron chi connectivity index (χ1n) is 6.04. The molecule has 2 aromatic heterocycles. The first-order valence-corrected chi connectivity index (χ1v) is 7.52. The van der Waals surface area contributed by atoms with Crippen molar-refractivity contribution in [3.8, 4) is 0 Å². The van der Waals surface area contributed by atoms with Crippen LogP contribution in [0.3, 0.4) is 0 Å². The van der Waals surface area contributed by atoms with Crippen LogP contribution in [0, 0.1) is 0 Å². The molecule has 0 saturated carbocycles. The molecule has 0 aliphatic carbocycles. The second kappa shape index (κ2) is 5.20. The summed E-state index contributed by atoms with van der Waals surface area (Å²) in [7, 11) is -2.49. The summed E-state index contributed by atoms with van der Waals surface area (Å²) >= 11 is 0. The van der Waals surface area contributed by atoms with Crippen LogP contribution in [-0.2, 0) is 17.1 Å². The predicted octanol–water partition coefficient (Wildman–Crippen LogP) is 0.696. The molecular formula is C11H15N5O4S. The van der Waals surface area contributed by atoms with E-state index in [4.69, 9.17) is 5.11 Å². The molecule has 2 N–H and O–H groups in total. The van der Waals surface area contributed by atoms with Gasteiger partial charge in [-0.25, -0.2) is 9.78 Å². The van der Waals surface area contributed by atoms with Gasteiger partial charge in [0.2, 0.25) is 0 Å². The van der Waals surface area contributed by atoms with Crippen LogP contribution in [0.5, 0.6) is 0 Å². The lowest BCUT2D eigenvalue weighted by Crippen LogP contribution is -2.14. The fraction of sp³-hybridized carbons (Fsp3) is 0.364. The van der Waals surface area contributed by atoms with Gasteiger partial charge in [0.05, 0.1) is 6.33 Å². The van der Waals surface area contributed by atoms with Gasteiger partial charge < -0.3 is 9.67 Å². The first kappa shape index (κ1) is 15.0. The van der Waals surface area contributed by atoms with Gasteiger partial charge in [-0.05, 0) is 13.8 Å². The van der Waals surface area contributed by atoms with E-state index in [1.807, 2.05) is 13.8 Å². The van der Waals surface area contributed by atoms with E-state index < -0.39 is 16.0 Å². The fourth-order valence-electron chi connectivity index (χ4n) is 1.65. The summed E-state index contributed by atoms with van der Waals surface area (Å²) in [5.41, 5.74) is -0.125. The Labute approximate surface area is 121 Å². The number of aryl methyl sites for hydroxylation is 1. The van der Waals surface area contributed by atoms with Crippen molar-refractivity contribution in [1.29, 1.82) is 0 Å². The van der Waals surface area contributed by atoms with Crippen molar-refractivity contribution in [2.75, 3.05) is 4.72 Å². The number of carbonyl (C=O) groups is 1. The summed E-state index contributed by atoms with van der Waals surface area (Å²) in [5.74, 6) is -1.27. The fourth-order valence-corrected chi connectivity index (χ4v) is 2.57. The average molecular weight is 313 g/mol. The molecule has 0 aliphatic rings. The Balaban J connectivity index is 2.28. The second-order valence-electron chi connectivity index (χ2n) is 4.70. The number of hydrogen-bond acceptors (Lipinski definition) is 5. The molecule has 0 aliphatic heterocycles. The molecule has 0 radical (unpaired) electrons. The molecule has 0 atom stereocenters. The van der Waals surface area contributed by atoms with E-state index in [1.54, 1.807) is 4.57 Å². The maximum atomic E-state index is 12.1. The van der Waals surface area contributed by atoms with Gasteiger partial charge in [0, 0.05) is 25.4 Å². The van der Waals surface area contributed by atoms with Crippen LogP contribution in [0.15, 0.2) is 23.6 Å². The Kier molecular flexibility index (Phi) is 3.73. The molecule has 10 heteroatoms. The Morgan fingerprint density at radius 3 is 2.57 bits per heavy atom. The standard InChI is InChI=1S/C11H15N5O4S/c1-7(2)16-5-10(12-6-16)21(19,20)14-9-4-8(11(17)18)15(3)13-9/h4-7H,1-3H3,(H,13,14)(H,17,18). The Morgan fingerprint density at radius 2 is 2.10 bits per heavy atom. The number of imidazole rings is 1. The van der Waals surface area contributed by atoms with Crippen LogP contribution in [0.25, 0.3) is 0 Å². The zero-order valence-electron chi connectivity index (χ0n) is 11.7. The minimum absolute atomic E-state index is 0.0750. The van der Waals surface area contributed by atoms with Gasteiger partial charge in [0.1, 0.15) is 5.69 Å². The number of carboxylic acids is 1. The molecule has 0 amide bonds. The van der Waals surface area contributed by atoms with E-state index in [9.17, 15) is 13.2 Å². The first-order chi connectivity index (χ1) is 9.70. The lowest BCUT2D eigenvalue weighted by Gasteiger charge is -2.04. The van der Waals surface area contributed by atoms with Crippen LogP contribution in [0.4, 0.5) is 5.82 Å². The number of aromatic nitrogens is 4. The number of nitrogens with zero attached hydrogens (tertiary/aromatic N) is 4. The van der Waals surface area contributed by atoms with Gasteiger partial charge in [0.15, 0.2) is 10.8 Å². The van der Waals surface area contributed by atoms with Crippen molar-refractivity contribution >= 4 is 21.8 Å². The summed E-state index contributed by atoms with van der Waals surface area (Å²) < 4.78 is 29.2. The minimum Gasteiger partial charge on any atom is -0.477 e. The normalized spacial score (nSPS) is 11.8. The van der Waals surface area contributed by atoms with Crippen molar-refractivity contribution in [3.63, 3.8) is 0 Å². The lowest BCUT2D eigenvalue weighted by molar-refractivity contribution is 0.0685. The highest BCUT2D eigenvalue weighted by molar-refractivity contribution is 7.92. The molecule has 2 rings (SSSR count). The molecule has 21 heavy (non-hydrogen) atoms. The summed E-state index contributed by atoms with van der Waals surface area (Å²) in [6.07, 6.45) is 2.81. The molecular weight excluding hydrogens is 298 g/mol. The van der Waals surface area contributed by atoms with Gasteiger partial charge in [-0.2, -0.15) is 13.5 Å². The third kappa shape index (κ3) is 3.05. The highest BCUT2D eigenvalue weighted by Crippen LogP contribution is 2.16. The molecule has 9 nitrogen and oxygen atoms in total. The molecule has 0 bridgehead atoms. The van der Waals surface area contributed by atoms with Crippen molar-refractivity contribution in [2.45, 2.75) is 24.9 Å². The van der Waals surface area contributed by atoms with Crippen molar-refractivity contribution in [3.05, 3.63) is 24.3 Å². The molecule has 0 aromatic carbocycles. The van der Waals surface area contributed by atoms with E-state index in [2.05, 4.69) is 14.8 Å². The number of aromatic carboxylic acids is 1. The lowest BCUT2D eigenvalue weighted by atomic mass is 10.4.